The first kappa shape index (κ1) is 17.4. The maximum absolute atomic E-state index is 12.2. The van der Waals surface area contributed by atoms with Crippen LogP contribution in [0.1, 0.15) is 21.5 Å². The number of hydrogen-bond acceptors (Lipinski definition) is 5. The van der Waals surface area contributed by atoms with E-state index in [1.807, 2.05) is 30.3 Å². The minimum atomic E-state index is -0.349. The zero-order valence-corrected chi connectivity index (χ0v) is 14.4. The van der Waals surface area contributed by atoms with Crippen molar-refractivity contribution in [2.75, 3.05) is 10.6 Å². The molecule has 0 unspecified atom stereocenters. The molecule has 0 spiro atoms. The van der Waals surface area contributed by atoms with Crippen LogP contribution >= 0.6 is 11.6 Å². The van der Waals surface area contributed by atoms with Crippen LogP contribution in [0.15, 0.2) is 60.9 Å². The summed E-state index contributed by atoms with van der Waals surface area (Å²) < 4.78 is 0. The number of nitriles is 1. The van der Waals surface area contributed by atoms with Crippen LogP contribution in [0.4, 0.5) is 11.6 Å². The Balaban J connectivity index is 1.62. The number of carbonyl (C=O) groups is 1. The van der Waals surface area contributed by atoms with Crippen LogP contribution in [0.25, 0.3) is 0 Å². The second kappa shape index (κ2) is 8.10. The zero-order valence-electron chi connectivity index (χ0n) is 13.6. The van der Waals surface area contributed by atoms with E-state index in [1.165, 1.54) is 12.4 Å². The Morgan fingerprint density at radius 1 is 1.12 bits per heavy atom. The van der Waals surface area contributed by atoms with E-state index >= 15 is 0 Å². The Morgan fingerprint density at radius 3 is 2.62 bits per heavy atom. The quantitative estimate of drug-likeness (QED) is 0.718. The molecular weight excluding hydrogens is 350 g/mol. The maximum Gasteiger partial charge on any atom is 0.258 e. The molecule has 26 heavy (non-hydrogen) atoms. The summed E-state index contributed by atoms with van der Waals surface area (Å²) in [5.74, 6) is 0.0469. The van der Waals surface area contributed by atoms with Crippen LogP contribution < -0.4 is 10.6 Å². The number of nitrogens with zero attached hydrogens (tertiary/aromatic N) is 3. The number of benzene rings is 2. The van der Waals surface area contributed by atoms with Crippen molar-refractivity contribution >= 4 is 29.1 Å². The van der Waals surface area contributed by atoms with Crippen LogP contribution in [-0.2, 0) is 6.54 Å². The number of carbonyl (C=O) groups excluding carboxylic acids is 1. The van der Waals surface area contributed by atoms with E-state index in [2.05, 4.69) is 20.6 Å². The predicted octanol–water partition coefficient (Wildman–Crippen LogP) is 3.87. The zero-order chi connectivity index (χ0) is 18.4. The molecule has 0 aliphatic rings. The summed E-state index contributed by atoms with van der Waals surface area (Å²) in [6, 6.07) is 16.2. The molecule has 3 rings (SSSR count). The van der Waals surface area contributed by atoms with Crippen molar-refractivity contribution in [3.8, 4) is 6.07 Å². The summed E-state index contributed by atoms with van der Waals surface area (Å²) in [7, 11) is 0. The van der Waals surface area contributed by atoms with E-state index in [-0.39, 0.29) is 5.91 Å². The van der Waals surface area contributed by atoms with Gasteiger partial charge in [-0.15, -0.1) is 0 Å². The van der Waals surface area contributed by atoms with E-state index < -0.39 is 0 Å². The van der Waals surface area contributed by atoms with E-state index in [1.54, 1.807) is 24.3 Å². The van der Waals surface area contributed by atoms with Crippen LogP contribution in [-0.4, -0.2) is 15.9 Å². The Kier molecular flexibility index (Phi) is 5.42. The van der Waals surface area contributed by atoms with Crippen molar-refractivity contribution < 1.29 is 4.79 Å². The van der Waals surface area contributed by atoms with Crippen molar-refractivity contribution in [2.24, 2.45) is 0 Å². The van der Waals surface area contributed by atoms with E-state index in [0.717, 1.165) is 5.56 Å². The molecule has 6 nitrogen and oxygen atoms in total. The SMILES string of the molecule is N#Cc1cccc(NC(=O)c2cnc(NCc3ccccc3Cl)nc2)c1. The average molecular weight is 364 g/mol. The van der Waals surface area contributed by atoms with E-state index in [4.69, 9.17) is 16.9 Å². The lowest BCUT2D eigenvalue weighted by Gasteiger charge is -2.08. The molecule has 1 heterocycles. The van der Waals surface area contributed by atoms with Crippen molar-refractivity contribution in [1.29, 1.82) is 5.26 Å². The first-order valence-corrected chi connectivity index (χ1v) is 8.14. The molecule has 1 amide bonds. The van der Waals surface area contributed by atoms with Crippen molar-refractivity contribution in [2.45, 2.75) is 6.54 Å². The number of rotatable bonds is 5. The average Bonchev–Trinajstić information content (AvgIpc) is 2.68. The molecule has 0 atom stereocenters. The van der Waals surface area contributed by atoms with Gasteiger partial charge in [0, 0.05) is 29.6 Å². The fourth-order valence-electron chi connectivity index (χ4n) is 2.22. The molecule has 0 fully saturated rings. The Bertz CT molecular complexity index is 966. The molecule has 0 aliphatic heterocycles. The highest BCUT2D eigenvalue weighted by molar-refractivity contribution is 6.31. The van der Waals surface area contributed by atoms with Gasteiger partial charge in [-0.2, -0.15) is 5.26 Å². The van der Waals surface area contributed by atoms with Gasteiger partial charge in [-0.3, -0.25) is 4.79 Å². The van der Waals surface area contributed by atoms with Gasteiger partial charge in [-0.05, 0) is 29.8 Å². The van der Waals surface area contributed by atoms with Gasteiger partial charge in [-0.25, -0.2) is 9.97 Å². The second-order valence-electron chi connectivity index (χ2n) is 5.39. The standard InChI is InChI=1S/C19H14ClN5O/c20-17-7-2-1-5-14(17)10-22-19-23-11-15(12-24-19)18(26)25-16-6-3-4-13(8-16)9-21/h1-8,11-12H,10H2,(H,25,26)(H,22,23,24). The van der Waals surface area contributed by atoms with Gasteiger partial charge in [0.2, 0.25) is 5.95 Å². The van der Waals surface area contributed by atoms with Crippen LogP contribution in [0.5, 0.6) is 0 Å². The third-order valence-corrected chi connectivity index (χ3v) is 3.93. The summed E-state index contributed by atoms with van der Waals surface area (Å²) in [5, 5.41) is 15.3. The highest BCUT2D eigenvalue weighted by atomic mass is 35.5. The molecule has 1 aromatic heterocycles. The lowest BCUT2D eigenvalue weighted by Crippen LogP contribution is -2.13. The highest BCUT2D eigenvalue weighted by Gasteiger charge is 2.08. The monoisotopic (exact) mass is 363 g/mol. The molecule has 2 N–H and O–H groups in total. The van der Waals surface area contributed by atoms with Crippen molar-refractivity contribution in [1.82, 2.24) is 9.97 Å². The molecule has 128 valence electrons. The normalized spacial score (nSPS) is 10.0. The molecule has 0 aliphatic carbocycles. The summed E-state index contributed by atoms with van der Waals surface area (Å²) in [6.45, 7) is 0.478. The molecule has 3 aromatic rings. The number of hydrogen-bond donors (Lipinski definition) is 2. The van der Waals surface area contributed by atoms with Crippen molar-refractivity contribution in [3.63, 3.8) is 0 Å². The number of nitrogens with one attached hydrogen (secondary N) is 2. The van der Waals surface area contributed by atoms with Gasteiger partial charge in [0.15, 0.2) is 0 Å². The molecule has 0 radical (unpaired) electrons. The molecule has 7 heteroatoms. The third kappa shape index (κ3) is 4.35. The fraction of sp³-hybridized carbons (Fsp3) is 0.0526. The van der Waals surface area contributed by atoms with Gasteiger partial charge in [-0.1, -0.05) is 35.9 Å². The van der Waals surface area contributed by atoms with Crippen LogP contribution in [0.2, 0.25) is 5.02 Å². The summed E-state index contributed by atoms with van der Waals surface area (Å²) in [4.78, 5) is 20.5. The van der Waals surface area contributed by atoms with Crippen molar-refractivity contribution in [3.05, 3.63) is 82.6 Å². The maximum atomic E-state index is 12.2. The highest BCUT2D eigenvalue weighted by Crippen LogP contribution is 2.16. The Labute approximate surface area is 155 Å². The third-order valence-electron chi connectivity index (χ3n) is 3.56. The van der Waals surface area contributed by atoms with E-state index in [9.17, 15) is 4.79 Å². The minimum Gasteiger partial charge on any atom is -0.350 e. The molecule has 2 aromatic carbocycles. The Morgan fingerprint density at radius 2 is 1.88 bits per heavy atom. The van der Waals surface area contributed by atoms with E-state index in [0.29, 0.717) is 34.3 Å². The topological polar surface area (TPSA) is 90.7 Å². The molecule has 0 saturated heterocycles. The van der Waals surface area contributed by atoms with Gasteiger partial charge in [0.05, 0.1) is 17.2 Å². The van der Waals surface area contributed by atoms with Gasteiger partial charge in [0.25, 0.3) is 5.91 Å². The lowest BCUT2D eigenvalue weighted by molar-refractivity contribution is 0.102. The second-order valence-corrected chi connectivity index (χ2v) is 5.79. The number of aromatic nitrogens is 2. The first-order valence-electron chi connectivity index (χ1n) is 7.76. The summed E-state index contributed by atoms with van der Waals surface area (Å²) in [6.07, 6.45) is 2.87. The van der Waals surface area contributed by atoms with Gasteiger partial charge < -0.3 is 10.6 Å². The lowest BCUT2D eigenvalue weighted by atomic mass is 10.2. The fourth-order valence-corrected chi connectivity index (χ4v) is 2.42. The number of anilines is 2. The number of halogens is 1. The smallest absolute Gasteiger partial charge is 0.258 e. The molecular formula is C19H14ClN5O. The molecule has 0 saturated carbocycles. The predicted molar refractivity (Wildman–Crippen MR) is 99.9 cm³/mol. The first-order chi connectivity index (χ1) is 12.7. The summed E-state index contributed by atoms with van der Waals surface area (Å²) in [5.41, 5.74) is 2.25. The van der Waals surface area contributed by atoms with Crippen LogP contribution in [0, 0.1) is 11.3 Å². The summed E-state index contributed by atoms with van der Waals surface area (Å²) >= 11 is 6.10. The van der Waals surface area contributed by atoms with Crippen LogP contribution in [0.3, 0.4) is 0 Å². The minimum absolute atomic E-state index is 0.315. The van der Waals surface area contributed by atoms with Gasteiger partial charge in [0.1, 0.15) is 0 Å². The number of amides is 1. The molecule has 0 bridgehead atoms. The Hall–Kier alpha value is -3.43. The largest absolute Gasteiger partial charge is 0.350 e. The van der Waals surface area contributed by atoms with Gasteiger partial charge >= 0.3 is 0 Å².